The molecule has 0 saturated heterocycles. The minimum Gasteiger partial charge on any atom is -0.312 e. The van der Waals surface area contributed by atoms with Crippen LogP contribution in [-0.4, -0.2) is 13.1 Å². The lowest BCUT2D eigenvalue weighted by molar-refractivity contribution is 0.680. The molecular weight excluding hydrogens is 134 g/mol. The predicted molar refractivity (Wildman–Crippen MR) is 40.6 cm³/mol. The van der Waals surface area contributed by atoms with Crippen LogP contribution in [0.3, 0.4) is 0 Å². The van der Waals surface area contributed by atoms with Gasteiger partial charge in [-0.2, -0.15) is 0 Å². The van der Waals surface area contributed by atoms with E-state index in [0.717, 1.165) is 19.0 Å². The molecular formula is C7H12ClN. The zero-order valence-electron chi connectivity index (χ0n) is 5.49. The van der Waals surface area contributed by atoms with Crippen molar-refractivity contribution in [3.63, 3.8) is 0 Å². The summed E-state index contributed by atoms with van der Waals surface area (Å²) in [5.74, 6) is 0.931. The molecule has 0 aromatic carbocycles. The molecule has 0 spiro atoms. The van der Waals surface area contributed by atoms with Gasteiger partial charge < -0.3 is 5.32 Å². The van der Waals surface area contributed by atoms with Gasteiger partial charge in [0.25, 0.3) is 0 Å². The lowest BCUT2D eigenvalue weighted by atomic mass is 10.4. The monoisotopic (exact) mass is 145 g/mol. The van der Waals surface area contributed by atoms with Gasteiger partial charge in [-0.3, -0.25) is 0 Å². The van der Waals surface area contributed by atoms with Crippen LogP contribution in [0.1, 0.15) is 12.8 Å². The molecule has 2 heteroatoms. The molecule has 0 radical (unpaired) electrons. The first-order chi connectivity index (χ1) is 4.29. The highest BCUT2D eigenvalue weighted by atomic mass is 35.5. The highest BCUT2D eigenvalue weighted by molar-refractivity contribution is 6.29. The van der Waals surface area contributed by atoms with Gasteiger partial charge in [-0.05, 0) is 25.3 Å². The van der Waals surface area contributed by atoms with Gasteiger partial charge in [0.05, 0.1) is 0 Å². The summed E-state index contributed by atoms with van der Waals surface area (Å²) in [6.07, 6.45) is 2.78. The van der Waals surface area contributed by atoms with Crippen LogP contribution in [0.4, 0.5) is 0 Å². The van der Waals surface area contributed by atoms with Gasteiger partial charge in [0, 0.05) is 11.6 Å². The minimum atomic E-state index is 0.704. The van der Waals surface area contributed by atoms with Gasteiger partial charge in [-0.1, -0.05) is 18.2 Å². The lowest BCUT2D eigenvalue weighted by Gasteiger charge is -1.98. The van der Waals surface area contributed by atoms with E-state index >= 15 is 0 Å². The molecule has 0 unspecified atom stereocenters. The Hall–Kier alpha value is -0.0100. The fraction of sp³-hybridized carbons (Fsp3) is 0.714. The number of nitrogens with one attached hydrogen (secondary N) is 1. The van der Waals surface area contributed by atoms with E-state index < -0.39 is 0 Å². The standard InChI is InChI=1S/C7H12ClN/c1-6(8)4-9-5-7-2-3-7/h7,9H,1-5H2. The quantitative estimate of drug-likeness (QED) is 0.636. The van der Waals surface area contributed by atoms with Crippen LogP contribution >= 0.6 is 11.6 Å². The second-order valence-corrected chi connectivity index (χ2v) is 3.13. The smallest absolute Gasteiger partial charge is 0.0307 e. The molecule has 9 heavy (non-hydrogen) atoms. The fourth-order valence-electron chi connectivity index (χ4n) is 0.734. The van der Waals surface area contributed by atoms with Gasteiger partial charge in [-0.25, -0.2) is 0 Å². The summed E-state index contributed by atoms with van der Waals surface area (Å²) in [4.78, 5) is 0. The molecule has 1 aliphatic carbocycles. The zero-order chi connectivity index (χ0) is 6.69. The van der Waals surface area contributed by atoms with E-state index in [9.17, 15) is 0 Å². The summed E-state index contributed by atoms with van der Waals surface area (Å²) in [6, 6.07) is 0. The third-order valence-electron chi connectivity index (χ3n) is 1.45. The molecule has 1 fully saturated rings. The molecule has 0 aliphatic heterocycles. The van der Waals surface area contributed by atoms with Crippen LogP contribution in [0.2, 0.25) is 0 Å². The van der Waals surface area contributed by atoms with Gasteiger partial charge in [-0.15, -0.1) is 0 Å². The molecule has 1 nitrogen and oxygen atoms in total. The molecule has 0 atom stereocenters. The van der Waals surface area contributed by atoms with Crippen molar-refractivity contribution in [2.24, 2.45) is 5.92 Å². The van der Waals surface area contributed by atoms with Crippen LogP contribution in [-0.2, 0) is 0 Å². The Balaban J connectivity index is 1.86. The predicted octanol–water partition coefficient (Wildman–Crippen LogP) is 1.74. The van der Waals surface area contributed by atoms with Crippen molar-refractivity contribution in [3.05, 3.63) is 11.6 Å². The second kappa shape index (κ2) is 3.23. The van der Waals surface area contributed by atoms with Crippen LogP contribution in [0, 0.1) is 5.92 Å². The molecule has 0 bridgehead atoms. The van der Waals surface area contributed by atoms with E-state index in [4.69, 9.17) is 11.6 Å². The Bertz CT molecular complexity index is 107. The zero-order valence-corrected chi connectivity index (χ0v) is 6.25. The molecule has 1 N–H and O–H groups in total. The largest absolute Gasteiger partial charge is 0.312 e. The Morgan fingerprint density at radius 2 is 2.33 bits per heavy atom. The lowest BCUT2D eigenvalue weighted by Crippen LogP contribution is -2.17. The van der Waals surface area contributed by atoms with Gasteiger partial charge >= 0.3 is 0 Å². The Kier molecular flexibility index (Phi) is 2.55. The van der Waals surface area contributed by atoms with E-state index in [0.29, 0.717) is 5.03 Å². The number of rotatable bonds is 4. The van der Waals surface area contributed by atoms with Crippen molar-refractivity contribution >= 4 is 11.6 Å². The Morgan fingerprint density at radius 1 is 1.67 bits per heavy atom. The normalized spacial score (nSPS) is 17.9. The van der Waals surface area contributed by atoms with Crippen molar-refractivity contribution in [3.8, 4) is 0 Å². The molecule has 1 saturated carbocycles. The maximum Gasteiger partial charge on any atom is 0.0307 e. The fourth-order valence-corrected chi connectivity index (χ4v) is 0.828. The maximum absolute atomic E-state index is 5.52. The molecule has 0 amide bonds. The van der Waals surface area contributed by atoms with Gasteiger partial charge in [0.1, 0.15) is 0 Å². The van der Waals surface area contributed by atoms with Gasteiger partial charge in [0.2, 0.25) is 0 Å². The Labute approximate surface area is 61.1 Å². The van der Waals surface area contributed by atoms with E-state index in [1.807, 2.05) is 0 Å². The molecule has 0 heterocycles. The second-order valence-electron chi connectivity index (χ2n) is 2.59. The topological polar surface area (TPSA) is 12.0 Å². The summed E-state index contributed by atoms with van der Waals surface area (Å²) >= 11 is 5.52. The van der Waals surface area contributed by atoms with Crippen LogP contribution < -0.4 is 5.32 Å². The van der Waals surface area contributed by atoms with Crippen molar-refractivity contribution in [2.75, 3.05) is 13.1 Å². The third-order valence-corrected chi connectivity index (χ3v) is 1.58. The molecule has 1 aliphatic rings. The third kappa shape index (κ3) is 3.55. The highest BCUT2D eigenvalue weighted by Gasteiger charge is 2.19. The molecule has 1 rings (SSSR count). The summed E-state index contributed by atoms with van der Waals surface area (Å²) < 4.78 is 0. The summed E-state index contributed by atoms with van der Waals surface area (Å²) in [7, 11) is 0. The summed E-state index contributed by atoms with van der Waals surface area (Å²) in [5.41, 5.74) is 0. The first kappa shape index (κ1) is 7.10. The van der Waals surface area contributed by atoms with Crippen molar-refractivity contribution < 1.29 is 0 Å². The number of hydrogen-bond donors (Lipinski definition) is 1. The van der Waals surface area contributed by atoms with E-state index in [1.165, 1.54) is 12.8 Å². The van der Waals surface area contributed by atoms with E-state index in [1.54, 1.807) is 0 Å². The van der Waals surface area contributed by atoms with E-state index in [2.05, 4.69) is 11.9 Å². The molecule has 0 aromatic rings. The SMILES string of the molecule is C=C(Cl)CNCC1CC1. The molecule has 52 valence electrons. The van der Waals surface area contributed by atoms with Crippen molar-refractivity contribution in [1.82, 2.24) is 5.32 Å². The maximum atomic E-state index is 5.52. The Morgan fingerprint density at radius 3 is 2.78 bits per heavy atom. The number of hydrogen-bond acceptors (Lipinski definition) is 1. The first-order valence-electron chi connectivity index (χ1n) is 3.33. The van der Waals surface area contributed by atoms with Crippen LogP contribution in [0.25, 0.3) is 0 Å². The van der Waals surface area contributed by atoms with Crippen molar-refractivity contribution in [2.45, 2.75) is 12.8 Å². The van der Waals surface area contributed by atoms with Crippen LogP contribution in [0.15, 0.2) is 11.6 Å². The minimum absolute atomic E-state index is 0.704. The van der Waals surface area contributed by atoms with E-state index in [-0.39, 0.29) is 0 Å². The molecule has 0 aromatic heterocycles. The van der Waals surface area contributed by atoms with Crippen LogP contribution in [0.5, 0.6) is 0 Å². The average Bonchev–Trinajstić information content (AvgIpc) is 2.48. The summed E-state index contributed by atoms with van der Waals surface area (Å²) in [5, 5.41) is 3.92. The first-order valence-corrected chi connectivity index (χ1v) is 3.71. The summed E-state index contributed by atoms with van der Waals surface area (Å²) in [6.45, 7) is 5.45. The highest BCUT2D eigenvalue weighted by Crippen LogP contribution is 2.27. The average molecular weight is 146 g/mol. The van der Waals surface area contributed by atoms with Crippen molar-refractivity contribution in [1.29, 1.82) is 0 Å². The van der Waals surface area contributed by atoms with Gasteiger partial charge in [0.15, 0.2) is 0 Å². The number of halogens is 1.